The maximum atomic E-state index is 6.55. The first kappa shape index (κ1) is 14.8. The number of aryl methyl sites for hydroxylation is 1. The summed E-state index contributed by atoms with van der Waals surface area (Å²) < 4.78 is 0. The van der Waals surface area contributed by atoms with Crippen LogP contribution in [-0.2, 0) is 6.54 Å². The van der Waals surface area contributed by atoms with E-state index in [1.54, 1.807) is 0 Å². The normalized spacial score (nSPS) is 17.5. The molecule has 4 heteroatoms. The molecule has 2 heterocycles. The number of aromatic nitrogens is 1. The Hall–Kier alpha value is -1.16. The second kappa shape index (κ2) is 6.30. The Kier molecular flexibility index (Phi) is 4.43. The number of benzene rings is 1. The van der Waals surface area contributed by atoms with E-state index in [1.807, 2.05) is 19.2 Å². The van der Waals surface area contributed by atoms with Crippen LogP contribution < -0.4 is 5.32 Å². The van der Waals surface area contributed by atoms with Crippen LogP contribution in [0.4, 0.5) is 0 Å². The highest BCUT2D eigenvalue weighted by Gasteiger charge is 2.20. The van der Waals surface area contributed by atoms with E-state index in [2.05, 4.69) is 29.3 Å². The number of piperidine rings is 1. The predicted molar refractivity (Wildman–Crippen MR) is 88.8 cm³/mol. The largest absolute Gasteiger partial charge is 0.317 e. The Morgan fingerprint density at radius 1 is 1.29 bits per heavy atom. The molecular formula is C17H22ClN3. The lowest BCUT2D eigenvalue weighted by Crippen LogP contribution is -2.40. The van der Waals surface area contributed by atoms with Gasteiger partial charge in [0.25, 0.3) is 0 Å². The molecule has 2 aromatic rings. The van der Waals surface area contributed by atoms with Gasteiger partial charge in [-0.05, 0) is 38.4 Å². The lowest BCUT2D eigenvalue weighted by atomic mass is 10.0. The second-order valence-electron chi connectivity index (χ2n) is 5.85. The molecule has 1 fully saturated rings. The third-order valence-corrected chi connectivity index (χ3v) is 5.02. The first-order valence-electron chi connectivity index (χ1n) is 7.62. The van der Waals surface area contributed by atoms with Crippen molar-refractivity contribution in [3.63, 3.8) is 0 Å². The van der Waals surface area contributed by atoms with Crippen LogP contribution in [0.2, 0.25) is 5.02 Å². The van der Waals surface area contributed by atoms with Gasteiger partial charge in [-0.2, -0.15) is 0 Å². The maximum absolute atomic E-state index is 6.55. The van der Waals surface area contributed by atoms with Crippen molar-refractivity contribution in [3.05, 3.63) is 40.5 Å². The quantitative estimate of drug-likeness (QED) is 0.942. The van der Waals surface area contributed by atoms with E-state index < -0.39 is 0 Å². The lowest BCUT2D eigenvalue weighted by molar-refractivity contribution is 0.193. The van der Waals surface area contributed by atoms with Crippen molar-refractivity contribution in [2.75, 3.05) is 20.1 Å². The van der Waals surface area contributed by atoms with E-state index in [0.717, 1.165) is 46.8 Å². The average molecular weight is 304 g/mol. The smallest absolute Gasteiger partial charge is 0.0740 e. The summed E-state index contributed by atoms with van der Waals surface area (Å²) in [6, 6.07) is 8.88. The zero-order chi connectivity index (χ0) is 14.8. The van der Waals surface area contributed by atoms with Crippen LogP contribution in [0, 0.1) is 6.92 Å². The first-order chi connectivity index (χ1) is 10.2. The van der Waals surface area contributed by atoms with Crippen LogP contribution in [0.5, 0.6) is 0 Å². The fraction of sp³-hybridized carbons (Fsp3) is 0.471. The molecule has 0 spiro atoms. The number of pyridine rings is 1. The van der Waals surface area contributed by atoms with Gasteiger partial charge in [-0.15, -0.1) is 0 Å². The van der Waals surface area contributed by atoms with Crippen LogP contribution in [-0.4, -0.2) is 36.1 Å². The molecule has 3 rings (SSSR count). The van der Waals surface area contributed by atoms with Crippen LogP contribution in [0.1, 0.15) is 24.1 Å². The number of halogens is 1. The van der Waals surface area contributed by atoms with Crippen LogP contribution in [0.3, 0.4) is 0 Å². The Balaban J connectivity index is 1.83. The molecule has 0 aliphatic carbocycles. The second-order valence-corrected chi connectivity index (χ2v) is 6.23. The molecule has 0 unspecified atom stereocenters. The molecular weight excluding hydrogens is 282 g/mol. The number of hydrogen-bond donors (Lipinski definition) is 1. The Morgan fingerprint density at radius 2 is 2.00 bits per heavy atom. The zero-order valence-electron chi connectivity index (χ0n) is 12.7. The SMILES string of the molecule is CNC1CCN(Cc2nc3ccccc3c(C)c2Cl)CC1. The van der Waals surface area contributed by atoms with Gasteiger partial charge in [-0.3, -0.25) is 4.90 Å². The molecule has 1 aromatic heterocycles. The van der Waals surface area contributed by atoms with E-state index in [0.29, 0.717) is 6.04 Å². The molecule has 0 atom stereocenters. The fourth-order valence-electron chi connectivity index (χ4n) is 3.11. The zero-order valence-corrected chi connectivity index (χ0v) is 13.5. The van der Waals surface area contributed by atoms with Crippen LogP contribution >= 0.6 is 11.6 Å². The molecule has 0 amide bonds. The van der Waals surface area contributed by atoms with Crippen molar-refractivity contribution in [1.82, 2.24) is 15.2 Å². The summed E-state index contributed by atoms with van der Waals surface area (Å²) in [4.78, 5) is 7.23. The third-order valence-electron chi connectivity index (χ3n) is 4.52. The molecule has 0 saturated carbocycles. The number of nitrogens with one attached hydrogen (secondary N) is 1. The lowest BCUT2D eigenvalue weighted by Gasteiger charge is -2.31. The Bertz CT molecular complexity index is 633. The fourth-order valence-corrected chi connectivity index (χ4v) is 3.32. The van der Waals surface area contributed by atoms with E-state index >= 15 is 0 Å². The van der Waals surface area contributed by atoms with Gasteiger partial charge in [0.15, 0.2) is 0 Å². The van der Waals surface area contributed by atoms with Crippen molar-refractivity contribution >= 4 is 22.5 Å². The van der Waals surface area contributed by atoms with E-state index in [1.165, 1.54) is 12.8 Å². The van der Waals surface area contributed by atoms with Gasteiger partial charge in [-0.25, -0.2) is 4.98 Å². The molecule has 112 valence electrons. The number of hydrogen-bond acceptors (Lipinski definition) is 3. The van der Waals surface area contributed by atoms with Gasteiger partial charge < -0.3 is 5.32 Å². The standard InChI is InChI=1S/C17H22ClN3/c1-12-14-5-3-4-6-15(14)20-16(17(12)18)11-21-9-7-13(19-2)8-10-21/h3-6,13,19H,7-11H2,1-2H3. The van der Waals surface area contributed by atoms with Gasteiger partial charge in [-0.1, -0.05) is 29.8 Å². The number of nitrogens with zero attached hydrogens (tertiary/aromatic N) is 2. The molecule has 1 aliphatic heterocycles. The van der Waals surface area contributed by atoms with Crippen molar-refractivity contribution in [3.8, 4) is 0 Å². The number of likely N-dealkylation sites (tertiary alicyclic amines) is 1. The average Bonchev–Trinajstić information content (AvgIpc) is 2.53. The third kappa shape index (κ3) is 3.05. The summed E-state index contributed by atoms with van der Waals surface area (Å²) >= 11 is 6.55. The highest BCUT2D eigenvalue weighted by atomic mass is 35.5. The highest BCUT2D eigenvalue weighted by Crippen LogP contribution is 2.28. The van der Waals surface area contributed by atoms with Crippen molar-refractivity contribution < 1.29 is 0 Å². The molecule has 21 heavy (non-hydrogen) atoms. The monoisotopic (exact) mass is 303 g/mol. The van der Waals surface area contributed by atoms with Gasteiger partial charge in [0.05, 0.1) is 16.2 Å². The summed E-state index contributed by atoms with van der Waals surface area (Å²) in [5, 5.41) is 5.34. The summed E-state index contributed by atoms with van der Waals surface area (Å²) in [6.07, 6.45) is 2.39. The van der Waals surface area contributed by atoms with Crippen LogP contribution in [0.15, 0.2) is 24.3 Å². The molecule has 1 aromatic carbocycles. The minimum absolute atomic E-state index is 0.656. The summed E-state index contributed by atoms with van der Waals surface area (Å²) in [5.74, 6) is 0. The van der Waals surface area contributed by atoms with Crippen molar-refractivity contribution in [2.24, 2.45) is 0 Å². The van der Waals surface area contributed by atoms with E-state index in [4.69, 9.17) is 16.6 Å². The molecule has 1 N–H and O–H groups in total. The van der Waals surface area contributed by atoms with Crippen molar-refractivity contribution in [1.29, 1.82) is 0 Å². The van der Waals surface area contributed by atoms with E-state index in [-0.39, 0.29) is 0 Å². The number of para-hydroxylation sites is 1. The van der Waals surface area contributed by atoms with E-state index in [9.17, 15) is 0 Å². The number of fused-ring (bicyclic) bond motifs is 1. The van der Waals surface area contributed by atoms with Gasteiger partial charge in [0, 0.05) is 31.1 Å². The van der Waals surface area contributed by atoms with Crippen molar-refractivity contribution in [2.45, 2.75) is 32.4 Å². The first-order valence-corrected chi connectivity index (χ1v) is 8.00. The maximum Gasteiger partial charge on any atom is 0.0740 e. The van der Waals surface area contributed by atoms with Gasteiger partial charge in [0.2, 0.25) is 0 Å². The predicted octanol–water partition coefficient (Wildman–Crippen LogP) is 3.38. The molecule has 1 aliphatic rings. The molecule has 0 radical (unpaired) electrons. The van der Waals surface area contributed by atoms with Gasteiger partial charge >= 0.3 is 0 Å². The summed E-state index contributed by atoms with van der Waals surface area (Å²) in [5.41, 5.74) is 3.19. The minimum atomic E-state index is 0.656. The topological polar surface area (TPSA) is 28.2 Å². The Labute approximate surface area is 131 Å². The van der Waals surface area contributed by atoms with Crippen LogP contribution in [0.25, 0.3) is 10.9 Å². The molecule has 0 bridgehead atoms. The molecule has 1 saturated heterocycles. The molecule has 3 nitrogen and oxygen atoms in total. The Morgan fingerprint density at radius 3 is 2.71 bits per heavy atom. The summed E-state index contributed by atoms with van der Waals surface area (Å²) in [6.45, 7) is 5.15. The minimum Gasteiger partial charge on any atom is -0.317 e. The summed E-state index contributed by atoms with van der Waals surface area (Å²) in [7, 11) is 2.05. The number of rotatable bonds is 3. The van der Waals surface area contributed by atoms with Gasteiger partial charge in [0.1, 0.15) is 0 Å². The highest BCUT2D eigenvalue weighted by molar-refractivity contribution is 6.32.